The average Bonchev–Trinajstić information content (AvgIpc) is 2.75. The van der Waals surface area contributed by atoms with Crippen molar-refractivity contribution in [3.63, 3.8) is 0 Å². The van der Waals surface area contributed by atoms with Crippen LogP contribution in [-0.2, 0) is 6.54 Å². The Morgan fingerprint density at radius 3 is 2.28 bits per heavy atom. The van der Waals surface area contributed by atoms with Crippen molar-refractivity contribution in [3.8, 4) is 0 Å². The second-order valence-electron chi connectivity index (χ2n) is 4.57. The van der Waals surface area contributed by atoms with Crippen molar-refractivity contribution in [1.29, 1.82) is 0 Å². The summed E-state index contributed by atoms with van der Waals surface area (Å²) in [5.41, 5.74) is 9.30. The number of hydrogen-bond acceptors (Lipinski definition) is 3. The lowest BCUT2D eigenvalue weighted by Crippen LogP contribution is -2.06. The highest BCUT2D eigenvalue weighted by Crippen LogP contribution is 2.21. The number of rotatable bonds is 3. The second-order valence-corrected chi connectivity index (χ2v) is 4.57. The third-order valence-electron chi connectivity index (χ3n) is 2.99. The minimum Gasteiger partial charge on any atom is -0.456 e. The summed E-state index contributed by atoms with van der Waals surface area (Å²) in [6.45, 7) is 6.22. The molecule has 2 N–H and O–H groups in total. The molecule has 0 bridgehead atoms. The Labute approximate surface area is 107 Å². The molecule has 0 amide bonds. The zero-order chi connectivity index (χ0) is 13.3. The molecule has 3 nitrogen and oxygen atoms in total. The summed E-state index contributed by atoms with van der Waals surface area (Å²) in [6, 6.07) is 7.44. The van der Waals surface area contributed by atoms with Crippen molar-refractivity contribution in [2.24, 2.45) is 5.73 Å². The molecule has 0 saturated heterocycles. The zero-order valence-electron chi connectivity index (χ0n) is 10.9. The molecule has 0 spiro atoms. The molecule has 0 saturated carbocycles. The van der Waals surface area contributed by atoms with Crippen LogP contribution >= 0.6 is 0 Å². The van der Waals surface area contributed by atoms with Crippen LogP contribution in [0.1, 0.15) is 38.6 Å². The molecule has 0 radical (unpaired) electrons. The lowest BCUT2D eigenvalue weighted by atomic mass is 9.96. The van der Waals surface area contributed by atoms with Gasteiger partial charge in [-0.3, -0.25) is 4.79 Å². The van der Waals surface area contributed by atoms with E-state index in [0.29, 0.717) is 18.1 Å². The van der Waals surface area contributed by atoms with Gasteiger partial charge in [-0.15, -0.1) is 0 Å². The molecular formula is C15H17NO2. The maximum Gasteiger partial charge on any atom is 0.228 e. The first-order valence-electron chi connectivity index (χ1n) is 5.94. The maximum atomic E-state index is 12.4. The van der Waals surface area contributed by atoms with Crippen LogP contribution in [0.5, 0.6) is 0 Å². The molecule has 2 rings (SSSR count). The fraction of sp³-hybridized carbons (Fsp3) is 0.267. The van der Waals surface area contributed by atoms with Crippen molar-refractivity contribution in [2.45, 2.75) is 27.3 Å². The molecule has 1 heterocycles. The SMILES string of the molecule is Cc1cc(C)c(C(=O)c2ccc(CN)o2)c(C)c1. The summed E-state index contributed by atoms with van der Waals surface area (Å²) < 4.78 is 5.41. The van der Waals surface area contributed by atoms with E-state index in [-0.39, 0.29) is 5.78 Å². The predicted octanol–water partition coefficient (Wildman–Crippen LogP) is 2.89. The number of carbonyl (C=O) groups excluding carboxylic acids is 1. The van der Waals surface area contributed by atoms with Gasteiger partial charge in [0.05, 0.1) is 6.54 Å². The molecule has 94 valence electrons. The van der Waals surface area contributed by atoms with Crippen LogP contribution in [-0.4, -0.2) is 5.78 Å². The van der Waals surface area contributed by atoms with Crippen LogP contribution in [0.2, 0.25) is 0 Å². The van der Waals surface area contributed by atoms with Crippen molar-refractivity contribution in [1.82, 2.24) is 0 Å². The van der Waals surface area contributed by atoms with E-state index < -0.39 is 0 Å². The monoisotopic (exact) mass is 243 g/mol. The summed E-state index contributed by atoms with van der Waals surface area (Å²) >= 11 is 0. The van der Waals surface area contributed by atoms with Crippen molar-refractivity contribution in [3.05, 3.63) is 58.0 Å². The molecule has 0 atom stereocenters. The molecule has 1 aromatic heterocycles. The normalized spacial score (nSPS) is 10.7. The first kappa shape index (κ1) is 12.6. The third-order valence-corrected chi connectivity index (χ3v) is 2.99. The highest BCUT2D eigenvalue weighted by molar-refractivity contribution is 6.09. The lowest BCUT2D eigenvalue weighted by molar-refractivity contribution is 0.101. The molecule has 18 heavy (non-hydrogen) atoms. The van der Waals surface area contributed by atoms with Crippen LogP contribution in [0.25, 0.3) is 0 Å². The minimum atomic E-state index is -0.0790. The van der Waals surface area contributed by atoms with E-state index >= 15 is 0 Å². The zero-order valence-corrected chi connectivity index (χ0v) is 10.9. The minimum absolute atomic E-state index is 0.0790. The number of ketones is 1. The quantitative estimate of drug-likeness (QED) is 0.843. The fourth-order valence-corrected chi connectivity index (χ4v) is 2.27. The Morgan fingerprint density at radius 2 is 1.78 bits per heavy atom. The Balaban J connectivity index is 2.46. The summed E-state index contributed by atoms with van der Waals surface area (Å²) in [5, 5.41) is 0. The van der Waals surface area contributed by atoms with E-state index in [9.17, 15) is 4.79 Å². The first-order chi connectivity index (χ1) is 8.52. The maximum absolute atomic E-state index is 12.4. The molecule has 0 aliphatic rings. The van der Waals surface area contributed by atoms with Crippen LogP contribution in [0.4, 0.5) is 0 Å². The highest BCUT2D eigenvalue weighted by atomic mass is 16.3. The highest BCUT2D eigenvalue weighted by Gasteiger charge is 2.18. The van der Waals surface area contributed by atoms with Gasteiger partial charge < -0.3 is 10.2 Å². The molecule has 3 heteroatoms. The lowest BCUT2D eigenvalue weighted by Gasteiger charge is -2.08. The van der Waals surface area contributed by atoms with E-state index in [4.69, 9.17) is 10.2 Å². The molecule has 0 aliphatic heterocycles. The van der Waals surface area contributed by atoms with Crippen molar-refractivity contribution < 1.29 is 9.21 Å². The van der Waals surface area contributed by atoms with Crippen LogP contribution < -0.4 is 5.73 Å². The fourth-order valence-electron chi connectivity index (χ4n) is 2.27. The van der Waals surface area contributed by atoms with Gasteiger partial charge in [0.2, 0.25) is 5.78 Å². The van der Waals surface area contributed by atoms with Gasteiger partial charge in [-0.25, -0.2) is 0 Å². The topological polar surface area (TPSA) is 56.2 Å². The standard InChI is InChI=1S/C15H17NO2/c1-9-6-10(2)14(11(3)7-9)15(17)13-5-4-12(8-16)18-13/h4-7H,8,16H2,1-3H3. The van der Waals surface area contributed by atoms with Crippen LogP contribution in [0, 0.1) is 20.8 Å². The first-order valence-corrected chi connectivity index (χ1v) is 5.94. The van der Waals surface area contributed by atoms with Crippen LogP contribution in [0.15, 0.2) is 28.7 Å². The average molecular weight is 243 g/mol. The van der Waals surface area contributed by atoms with Crippen molar-refractivity contribution >= 4 is 5.78 Å². The van der Waals surface area contributed by atoms with Gasteiger partial charge in [0.15, 0.2) is 5.76 Å². The van der Waals surface area contributed by atoms with Gasteiger partial charge in [-0.1, -0.05) is 17.7 Å². The van der Waals surface area contributed by atoms with E-state index in [1.165, 1.54) is 0 Å². The van der Waals surface area contributed by atoms with Crippen molar-refractivity contribution in [2.75, 3.05) is 0 Å². The Kier molecular flexibility index (Phi) is 3.34. The Hall–Kier alpha value is -1.87. The smallest absolute Gasteiger partial charge is 0.228 e. The number of hydrogen-bond donors (Lipinski definition) is 1. The third kappa shape index (κ3) is 2.22. The van der Waals surface area contributed by atoms with E-state index in [2.05, 4.69) is 0 Å². The molecule has 2 aromatic rings. The van der Waals surface area contributed by atoms with E-state index in [1.54, 1.807) is 12.1 Å². The van der Waals surface area contributed by atoms with Crippen LogP contribution in [0.3, 0.4) is 0 Å². The van der Waals surface area contributed by atoms with E-state index in [1.807, 2.05) is 32.9 Å². The van der Waals surface area contributed by atoms with Gasteiger partial charge in [0, 0.05) is 5.56 Å². The summed E-state index contributed by atoms with van der Waals surface area (Å²) in [7, 11) is 0. The number of aryl methyl sites for hydroxylation is 3. The van der Waals surface area contributed by atoms with Gasteiger partial charge in [-0.05, 0) is 44.0 Å². The summed E-state index contributed by atoms with van der Waals surface area (Å²) in [5.74, 6) is 0.899. The molecule has 0 fully saturated rings. The number of benzene rings is 1. The van der Waals surface area contributed by atoms with Gasteiger partial charge in [-0.2, -0.15) is 0 Å². The number of furan rings is 1. The van der Waals surface area contributed by atoms with Gasteiger partial charge >= 0.3 is 0 Å². The van der Waals surface area contributed by atoms with Gasteiger partial charge in [0.25, 0.3) is 0 Å². The number of carbonyl (C=O) groups is 1. The second kappa shape index (κ2) is 4.78. The molecular weight excluding hydrogens is 226 g/mol. The number of nitrogens with two attached hydrogens (primary N) is 1. The molecule has 0 unspecified atom stereocenters. The van der Waals surface area contributed by atoms with Gasteiger partial charge in [0.1, 0.15) is 5.76 Å². The molecule has 0 aliphatic carbocycles. The van der Waals surface area contributed by atoms with E-state index in [0.717, 1.165) is 22.3 Å². The predicted molar refractivity (Wildman–Crippen MR) is 70.7 cm³/mol. The Bertz CT molecular complexity index is 573. The Morgan fingerprint density at radius 1 is 1.17 bits per heavy atom. The largest absolute Gasteiger partial charge is 0.456 e. The summed E-state index contributed by atoms with van der Waals surface area (Å²) in [4.78, 5) is 12.4. The molecule has 1 aromatic carbocycles. The summed E-state index contributed by atoms with van der Waals surface area (Å²) in [6.07, 6.45) is 0.